The molecule has 7 heteroatoms. The maximum atomic E-state index is 12.4. The molecule has 1 amide bonds. The summed E-state index contributed by atoms with van der Waals surface area (Å²) in [4.78, 5) is 23.5. The Morgan fingerprint density at radius 1 is 1.04 bits per heavy atom. The number of para-hydroxylation sites is 1. The van der Waals surface area contributed by atoms with E-state index in [-0.39, 0.29) is 24.5 Å². The van der Waals surface area contributed by atoms with Crippen LogP contribution in [0.4, 0.5) is 0 Å². The quantitative estimate of drug-likeness (QED) is 0.519. The van der Waals surface area contributed by atoms with Crippen LogP contribution < -0.4 is 5.32 Å². The van der Waals surface area contributed by atoms with Crippen LogP contribution in [-0.2, 0) is 28.9 Å². The third-order valence-electron chi connectivity index (χ3n) is 4.55. The van der Waals surface area contributed by atoms with E-state index in [4.69, 9.17) is 4.42 Å². The highest BCUT2D eigenvalue weighted by Gasteiger charge is 2.27. The lowest BCUT2D eigenvalue weighted by atomic mass is 9.75. The summed E-state index contributed by atoms with van der Waals surface area (Å²) in [6.45, 7) is 1.53. The fraction of sp³-hybridized carbons (Fsp3) is 0.238. The molecule has 144 valence electrons. The van der Waals surface area contributed by atoms with E-state index in [1.807, 2.05) is 36.4 Å². The van der Waals surface area contributed by atoms with Gasteiger partial charge in [0, 0.05) is 11.8 Å². The summed E-state index contributed by atoms with van der Waals surface area (Å²) in [5, 5.41) is 23.0. The molecule has 6 nitrogen and oxygen atoms in total. The highest BCUT2D eigenvalue weighted by Crippen LogP contribution is 2.22. The third kappa shape index (κ3) is 5.09. The van der Waals surface area contributed by atoms with Gasteiger partial charge in [-0.05, 0) is 36.1 Å². The molecule has 0 unspecified atom stereocenters. The van der Waals surface area contributed by atoms with Crippen LogP contribution in [0.1, 0.15) is 23.6 Å². The summed E-state index contributed by atoms with van der Waals surface area (Å²) in [6.07, 6.45) is 2.28. The first-order valence-corrected chi connectivity index (χ1v) is 9.10. The largest absolute Gasteiger partial charge is 0.475 e. The Morgan fingerprint density at radius 2 is 1.68 bits per heavy atom. The fourth-order valence-electron chi connectivity index (χ4n) is 3.16. The summed E-state index contributed by atoms with van der Waals surface area (Å²) >= 11 is 0. The number of hydrogen-bond donors (Lipinski definition) is 3. The van der Waals surface area contributed by atoms with Crippen LogP contribution >= 0.6 is 0 Å². The third-order valence-corrected chi connectivity index (χ3v) is 4.55. The van der Waals surface area contributed by atoms with Gasteiger partial charge in [-0.15, -0.1) is 0 Å². The van der Waals surface area contributed by atoms with Crippen molar-refractivity contribution in [3.05, 3.63) is 71.5 Å². The number of amides is 1. The number of carbonyl (C=O) groups excluding carboxylic acids is 2. The molecule has 3 N–H and O–H groups in total. The number of nitrogens with one attached hydrogen (secondary N) is 1. The van der Waals surface area contributed by atoms with Crippen LogP contribution in [0.2, 0.25) is 0 Å². The lowest BCUT2D eigenvalue weighted by Crippen LogP contribution is -2.48. The van der Waals surface area contributed by atoms with Gasteiger partial charge < -0.3 is 19.8 Å². The molecule has 0 fully saturated rings. The summed E-state index contributed by atoms with van der Waals surface area (Å²) in [5.74, 6) is -1.09. The second-order valence-electron chi connectivity index (χ2n) is 6.92. The summed E-state index contributed by atoms with van der Waals surface area (Å²) in [7, 11) is -1.70. The Labute approximate surface area is 163 Å². The summed E-state index contributed by atoms with van der Waals surface area (Å²) < 4.78 is 5.47. The lowest BCUT2D eigenvalue weighted by molar-refractivity contribution is -0.121. The van der Waals surface area contributed by atoms with Crippen LogP contribution in [0.3, 0.4) is 0 Å². The number of carbonyl (C=O) groups is 2. The molecule has 1 atom stereocenters. The van der Waals surface area contributed by atoms with Crippen LogP contribution in [0.25, 0.3) is 11.0 Å². The molecule has 0 radical (unpaired) electrons. The fourth-order valence-corrected chi connectivity index (χ4v) is 3.16. The molecule has 0 spiro atoms. The van der Waals surface area contributed by atoms with Crippen molar-refractivity contribution in [1.29, 1.82) is 0 Å². The van der Waals surface area contributed by atoms with E-state index < -0.39 is 13.1 Å². The van der Waals surface area contributed by atoms with Crippen molar-refractivity contribution in [2.45, 2.75) is 32.1 Å². The summed E-state index contributed by atoms with van der Waals surface area (Å²) in [6, 6.07) is 14.7. The van der Waals surface area contributed by atoms with E-state index in [1.54, 1.807) is 18.4 Å². The van der Waals surface area contributed by atoms with E-state index in [9.17, 15) is 19.6 Å². The molecule has 2 aromatic carbocycles. The zero-order chi connectivity index (χ0) is 20.1. The number of rotatable bonds is 8. The Kier molecular flexibility index (Phi) is 6.28. The van der Waals surface area contributed by atoms with Gasteiger partial charge in [0.15, 0.2) is 0 Å². The van der Waals surface area contributed by atoms with Crippen molar-refractivity contribution in [3.63, 3.8) is 0 Å². The number of benzene rings is 2. The molecule has 0 bridgehead atoms. The van der Waals surface area contributed by atoms with Gasteiger partial charge in [0.25, 0.3) is 0 Å². The van der Waals surface area contributed by atoms with Crippen LogP contribution in [0.15, 0.2) is 59.2 Å². The summed E-state index contributed by atoms with van der Waals surface area (Å²) in [5.41, 5.74) is 3.18. The standard InChI is InChI=1S/C21H22BNO5/c1-14(24)10-15-6-8-16(9-7-15)11-21(25)23-20(22(26)27)12-17-13-28-19-5-3-2-4-18(17)19/h2-9,13,20,26-27H,10-12H2,1H3,(H,23,25)/t20-/m0/s1. The zero-order valence-corrected chi connectivity index (χ0v) is 15.6. The van der Waals surface area contributed by atoms with E-state index >= 15 is 0 Å². The second-order valence-corrected chi connectivity index (χ2v) is 6.92. The molecule has 1 aromatic heterocycles. The van der Waals surface area contributed by atoms with E-state index in [0.717, 1.165) is 22.1 Å². The number of hydrogen-bond acceptors (Lipinski definition) is 5. The highest BCUT2D eigenvalue weighted by atomic mass is 16.4. The van der Waals surface area contributed by atoms with Gasteiger partial charge in [-0.25, -0.2) is 0 Å². The molecule has 3 aromatic rings. The monoisotopic (exact) mass is 379 g/mol. The average molecular weight is 379 g/mol. The average Bonchev–Trinajstić information content (AvgIpc) is 3.05. The van der Waals surface area contributed by atoms with Crippen molar-refractivity contribution >= 4 is 29.8 Å². The minimum absolute atomic E-state index is 0.0806. The van der Waals surface area contributed by atoms with E-state index in [1.165, 1.54) is 6.92 Å². The molecule has 28 heavy (non-hydrogen) atoms. The van der Waals surface area contributed by atoms with Crippen molar-refractivity contribution in [2.24, 2.45) is 0 Å². The van der Waals surface area contributed by atoms with Crippen LogP contribution in [-0.4, -0.2) is 34.8 Å². The van der Waals surface area contributed by atoms with Gasteiger partial charge in [-0.2, -0.15) is 0 Å². The Bertz CT molecular complexity index is 964. The molecule has 0 saturated carbocycles. The van der Waals surface area contributed by atoms with Gasteiger partial charge in [0.05, 0.1) is 18.6 Å². The Hall–Kier alpha value is -2.90. The topological polar surface area (TPSA) is 99.8 Å². The number of fused-ring (bicyclic) bond motifs is 1. The van der Waals surface area contributed by atoms with Gasteiger partial charge in [-0.3, -0.25) is 9.59 Å². The van der Waals surface area contributed by atoms with Crippen LogP contribution in [0, 0.1) is 0 Å². The maximum Gasteiger partial charge on any atom is 0.475 e. The zero-order valence-electron chi connectivity index (χ0n) is 15.6. The Balaban J connectivity index is 1.63. The van der Waals surface area contributed by atoms with Crippen LogP contribution in [0.5, 0.6) is 0 Å². The maximum absolute atomic E-state index is 12.4. The number of Topliss-reactive ketones (excluding diaryl/α,β-unsaturated/α-hetero) is 1. The minimum Gasteiger partial charge on any atom is -0.464 e. The van der Waals surface area contributed by atoms with Gasteiger partial charge in [-0.1, -0.05) is 42.5 Å². The molecule has 0 aliphatic rings. The van der Waals surface area contributed by atoms with Crippen molar-refractivity contribution < 1.29 is 24.1 Å². The number of furan rings is 1. The van der Waals surface area contributed by atoms with Crippen molar-refractivity contribution in [1.82, 2.24) is 5.32 Å². The predicted octanol–water partition coefficient (Wildman–Crippen LogP) is 1.85. The predicted molar refractivity (Wildman–Crippen MR) is 107 cm³/mol. The number of ketones is 1. The van der Waals surface area contributed by atoms with Gasteiger partial charge >= 0.3 is 7.12 Å². The normalized spacial score (nSPS) is 12.0. The molecular weight excluding hydrogens is 357 g/mol. The first-order valence-electron chi connectivity index (χ1n) is 9.10. The minimum atomic E-state index is -1.70. The SMILES string of the molecule is CC(=O)Cc1ccc(CC(=O)N[C@@H](Cc2coc3ccccc23)B(O)O)cc1. The van der Waals surface area contributed by atoms with E-state index in [0.29, 0.717) is 12.0 Å². The highest BCUT2D eigenvalue weighted by molar-refractivity contribution is 6.43. The molecular formula is C21H22BNO5. The van der Waals surface area contributed by atoms with Crippen molar-refractivity contribution in [2.75, 3.05) is 0 Å². The first kappa shape index (κ1) is 19.9. The molecule has 1 heterocycles. The molecule has 3 rings (SSSR count). The molecule has 0 aliphatic heterocycles. The Morgan fingerprint density at radius 3 is 2.32 bits per heavy atom. The van der Waals surface area contributed by atoms with Crippen molar-refractivity contribution in [3.8, 4) is 0 Å². The van der Waals surface area contributed by atoms with E-state index in [2.05, 4.69) is 5.32 Å². The first-order chi connectivity index (χ1) is 13.4. The molecule has 0 aliphatic carbocycles. The van der Waals surface area contributed by atoms with Gasteiger partial charge in [0.1, 0.15) is 11.4 Å². The smallest absolute Gasteiger partial charge is 0.464 e. The van der Waals surface area contributed by atoms with Gasteiger partial charge in [0.2, 0.25) is 5.91 Å². The lowest BCUT2D eigenvalue weighted by Gasteiger charge is -2.17. The molecule has 0 saturated heterocycles. The second kappa shape index (κ2) is 8.86.